The molecule has 1 rings (SSSR count). The Hall–Kier alpha value is -1.62. The number of carbonyl (C=O) groups is 1. The number of amides is 1. The molecule has 0 saturated carbocycles. The van der Waals surface area contributed by atoms with Crippen molar-refractivity contribution in [3.05, 3.63) is 24.0 Å². The van der Waals surface area contributed by atoms with Crippen LogP contribution in [-0.2, 0) is 0 Å². The van der Waals surface area contributed by atoms with Gasteiger partial charge in [0.05, 0.1) is 11.8 Å². The molecular weight excluding hydrogens is 218 g/mol. The highest BCUT2D eigenvalue weighted by atomic mass is 16.3. The molecule has 0 radical (unpaired) electrons. The number of hydrogen-bond donors (Lipinski definition) is 2. The maximum atomic E-state index is 11.7. The third kappa shape index (κ3) is 4.82. The largest absolute Gasteiger partial charge is 0.505 e. The van der Waals surface area contributed by atoms with Gasteiger partial charge in [0.15, 0.2) is 0 Å². The van der Waals surface area contributed by atoms with Crippen molar-refractivity contribution in [2.45, 2.75) is 12.8 Å². The van der Waals surface area contributed by atoms with E-state index in [0.29, 0.717) is 6.54 Å². The molecule has 94 valence electrons. The lowest BCUT2D eigenvalue weighted by Crippen LogP contribution is -2.25. The molecule has 1 aromatic rings. The Kier molecular flexibility index (Phi) is 5.42. The molecule has 5 nitrogen and oxygen atoms in total. The second-order valence-electron chi connectivity index (χ2n) is 4.16. The Morgan fingerprint density at radius 1 is 1.47 bits per heavy atom. The van der Waals surface area contributed by atoms with E-state index in [0.717, 1.165) is 19.4 Å². The van der Waals surface area contributed by atoms with Crippen LogP contribution in [0.4, 0.5) is 0 Å². The molecular formula is C12H19N3O2. The number of nitrogens with zero attached hydrogens (tertiary/aromatic N) is 2. The van der Waals surface area contributed by atoms with Crippen LogP contribution >= 0.6 is 0 Å². The number of rotatable bonds is 6. The molecule has 0 aliphatic carbocycles. The van der Waals surface area contributed by atoms with Crippen LogP contribution in [-0.4, -0.2) is 48.1 Å². The van der Waals surface area contributed by atoms with E-state index in [1.165, 1.54) is 18.5 Å². The average molecular weight is 237 g/mol. The Labute approximate surface area is 101 Å². The second kappa shape index (κ2) is 6.85. The number of hydrogen-bond acceptors (Lipinski definition) is 4. The lowest BCUT2D eigenvalue weighted by Gasteiger charge is -2.09. The van der Waals surface area contributed by atoms with E-state index in [1.807, 2.05) is 14.1 Å². The summed E-state index contributed by atoms with van der Waals surface area (Å²) >= 11 is 0. The fourth-order valence-corrected chi connectivity index (χ4v) is 1.43. The first-order valence-electron chi connectivity index (χ1n) is 5.67. The monoisotopic (exact) mass is 237 g/mol. The summed E-state index contributed by atoms with van der Waals surface area (Å²) in [6.45, 7) is 1.63. The molecule has 2 N–H and O–H groups in total. The van der Waals surface area contributed by atoms with Crippen LogP contribution in [0.5, 0.6) is 5.75 Å². The van der Waals surface area contributed by atoms with Gasteiger partial charge in [-0.15, -0.1) is 0 Å². The van der Waals surface area contributed by atoms with Gasteiger partial charge >= 0.3 is 0 Å². The molecule has 0 aliphatic rings. The highest BCUT2D eigenvalue weighted by molar-refractivity contribution is 5.96. The minimum Gasteiger partial charge on any atom is -0.505 e. The highest BCUT2D eigenvalue weighted by Crippen LogP contribution is 2.13. The lowest BCUT2D eigenvalue weighted by atomic mass is 10.2. The van der Waals surface area contributed by atoms with Crippen LogP contribution in [0.1, 0.15) is 23.2 Å². The summed E-state index contributed by atoms with van der Waals surface area (Å²) in [6, 6.07) is 1.50. The summed E-state index contributed by atoms with van der Waals surface area (Å²) in [6.07, 6.45) is 4.72. The summed E-state index contributed by atoms with van der Waals surface area (Å²) in [4.78, 5) is 17.5. The van der Waals surface area contributed by atoms with E-state index in [2.05, 4.69) is 15.2 Å². The van der Waals surface area contributed by atoms with Gasteiger partial charge in [0.1, 0.15) is 5.75 Å². The number of unbranched alkanes of at least 4 members (excludes halogenated alkanes) is 1. The average Bonchev–Trinajstić information content (AvgIpc) is 2.28. The van der Waals surface area contributed by atoms with Gasteiger partial charge in [-0.2, -0.15) is 0 Å². The van der Waals surface area contributed by atoms with Crippen LogP contribution < -0.4 is 5.32 Å². The molecule has 1 amide bonds. The maximum Gasteiger partial charge on any atom is 0.255 e. The predicted molar refractivity (Wildman–Crippen MR) is 66.0 cm³/mol. The van der Waals surface area contributed by atoms with Gasteiger partial charge in [-0.1, -0.05) is 0 Å². The minimum absolute atomic E-state index is 0.0849. The van der Waals surface area contributed by atoms with Crippen molar-refractivity contribution in [2.75, 3.05) is 27.2 Å². The molecule has 0 saturated heterocycles. The van der Waals surface area contributed by atoms with Gasteiger partial charge < -0.3 is 15.3 Å². The normalized spacial score (nSPS) is 10.5. The topological polar surface area (TPSA) is 65.5 Å². The molecule has 5 heteroatoms. The number of nitrogens with one attached hydrogen (secondary N) is 1. The molecule has 0 unspecified atom stereocenters. The van der Waals surface area contributed by atoms with Crippen molar-refractivity contribution in [3.8, 4) is 5.75 Å². The SMILES string of the molecule is CN(C)CCCCNC(=O)c1ccncc1O. The summed E-state index contributed by atoms with van der Waals surface area (Å²) in [7, 11) is 4.04. The molecule has 0 aromatic carbocycles. The summed E-state index contributed by atoms with van der Waals surface area (Å²) in [5.74, 6) is -0.340. The number of aromatic nitrogens is 1. The Bertz CT molecular complexity index is 367. The van der Waals surface area contributed by atoms with Crippen LogP contribution in [0, 0.1) is 0 Å². The molecule has 0 fully saturated rings. The molecule has 0 spiro atoms. The van der Waals surface area contributed by atoms with E-state index < -0.39 is 0 Å². The fraction of sp³-hybridized carbons (Fsp3) is 0.500. The zero-order valence-corrected chi connectivity index (χ0v) is 10.3. The van der Waals surface area contributed by atoms with Crippen molar-refractivity contribution in [1.29, 1.82) is 0 Å². The third-order valence-electron chi connectivity index (χ3n) is 2.36. The molecule has 0 bridgehead atoms. The summed E-state index contributed by atoms with van der Waals surface area (Å²) < 4.78 is 0. The smallest absolute Gasteiger partial charge is 0.255 e. The van der Waals surface area contributed by atoms with E-state index in [9.17, 15) is 9.90 Å². The molecule has 0 atom stereocenters. The Morgan fingerprint density at radius 2 is 2.24 bits per heavy atom. The van der Waals surface area contributed by atoms with E-state index in [1.54, 1.807) is 0 Å². The molecule has 1 aromatic heterocycles. The first kappa shape index (κ1) is 13.4. The quantitative estimate of drug-likeness (QED) is 0.720. The standard InChI is InChI=1S/C12H19N3O2/c1-15(2)8-4-3-6-14-12(17)10-5-7-13-9-11(10)16/h5,7,9,16H,3-4,6,8H2,1-2H3,(H,14,17). The van der Waals surface area contributed by atoms with Crippen LogP contribution in [0.25, 0.3) is 0 Å². The predicted octanol–water partition coefficient (Wildman–Crippen LogP) is 0.859. The van der Waals surface area contributed by atoms with Crippen molar-refractivity contribution >= 4 is 5.91 Å². The van der Waals surface area contributed by atoms with Gasteiger partial charge in [-0.05, 0) is 39.5 Å². The molecule has 17 heavy (non-hydrogen) atoms. The van der Waals surface area contributed by atoms with Gasteiger partial charge in [-0.3, -0.25) is 9.78 Å². The van der Waals surface area contributed by atoms with Gasteiger partial charge in [-0.25, -0.2) is 0 Å². The van der Waals surface area contributed by atoms with Crippen LogP contribution in [0.3, 0.4) is 0 Å². The highest BCUT2D eigenvalue weighted by Gasteiger charge is 2.09. The van der Waals surface area contributed by atoms with E-state index in [4.69, 9.17) is 0 Å². The van der Waals surface area contributed by atoms with Gasteiger partial charge in [0.2, 0.25) is 0 Å². The van der Waals surface area contributed by atoms with Crippen molar-refractivity contribution < 1.29 is 9.90 Å². The number of aromatic hydroxyl groups is 1. The van der Waals surface area contributed by atoms with Crippen molar-refractivity contribution in [1.82, 2.24) is 15.2 Å². The number of pyridine rings is 1. The zero-order valence-electron chi connectivity index (χ0n) is 10.3. The molecule has 0 aliphatic heterocycles. The lowest BCUT2D eigenvalue weighted by molar-refractivity contribution is 0.0950. The molecule has 1 heterocycles. The van der Waals surface area contributed by atoms with Gasteiger partial charge in [0.25, 0.3) is 5.91 Å². The summed E-state index contributed by atoms with van der Waals surface area (Å²) in [5, 5.41) is 12.2. The zero-order chi connectivity index (χ0) is 12.7. The maximum absolute atomic E-state index is 11.7. The van der Waals surface area contributed by atoms with Crippen molar-refractivity contribution in [3.63, 3.8) is 0 Å². The Morgan fingerprint density at radius 3 is 2.88 bits per heavy atom. The minimum atomic E-state index is -0.255. The van der Waals surface area contributed by atoms with E-state index >= 15 is 0 Å². The van der Waals surface area contributed by atoms with Gasteiger partial charge in [0, 0.05) is 12.7 Å². The first-order valence-corrected chi connectivity index (χ1v) is 5.67. The third-order valence-corrected chi connectivity index (χ3v) is 2.36. The van der Waals surface area contributed by atoms with Crippen LogP contribution in [0.15, 0.2) is 18.5 Å². The first-order chi connectivity index (χ1) is 8.11. The van der Waals surface area contributed by atoms with Crippen LogP contribution in [0.2, 0.25) is 0 Å². The fourth-order valence-electron chi connectivity index (χ4n) is 1.43. The second-order valence-corrected chi connectivity index (χ2v) is 4.16. The van der Waals surface area contributed by atoms with Crippen molar-refractivity contribution in [2.24, 2.45) is 0 Å². The van der Waals surface area contributed by atoms with E-state index in [-0.39, 0.29) is 17.2 Å². The summed E-state index contributed by atoms with van der Waals surface area (Å²) in [5.41, 5.74) is 0.271. The number of carbonyl (C=O) groups excluding carboxylic acids is 1. The Balaban J connectivity index is 2.29.